The monoisotopic (exact) mass is 229 g/mol. The maximum absolute atomic E-state index is 11.9. The first-order valence-electron chi connectivity index (χ1n) is 4.76. The SMILES string of the molecule is FC(F)(F)COCc1c[nH]c2ccccc12. The topological polar surface area (TPSA) is 25.0 Å². The predicted octanol–water partition coefficient (Wildman–Crippen LogP) is 3.25. The van der Waals surface area contributed by atoms with Gasteiger partial charge in [0.2, 0.25) is 0 Å². The molecule has 2 nitrogen and oxygen atoms in total. The fourth-order valence-corrected chi connectivity index (χ4v) is 1.53. The molecule has 1 aromatic carbocycles. The van der Waals surface area contributed by atoms with Gasteiger partial charge in [0.15, 0.2) is 0 Å². The number of hydrogen-bond acceptors (Lipinski definition) is 1. The van der Waals surface area contributed by atoms with Gasteiger partial charge in [-0.25, -0.2) is 0 Å². The van der Waals surface area contributed by atoms with Crippen LogP contribution in [0.2, 0.25) is 0 Å². The zero-order chi connectivity index (χ0) is 11.6. The lowest BCUT2D eigenvalue weighted by Crippen LogP contribution is -2.16. The highest BCUT2D eigenvalue weighted by Gasteiger charge is 2.27. The molecular formula is C11H10F3NO. The van der Waals surface area contributed by atoms with Crippen LogP contribution in [0.4, 0.5) is 13.2 Å². The average molecular weight is 229 g/mol. The molecule has 5 heteroatoms. The number of benzene rings is 1. The Morgan fingerprint density at radius 3 is 2.69 bits per heavy atom. The lowest BCUT2D eigenvalue weighted by molar-refractivity contribution is -0.176. The summed E-state index contributed by atoms with van der Waals surface area (Å²) in [5, 5.41) is 0.893. The maximum Gasteiger partial charge on any atom is 0.411 e. The summed E-state index contributed by atoms with van der Waals surface area (Å²) >= 11 is 0. The van der Waals surface area contributed by atoms with Crippen molar-refractivity contribution in [2.75, 3.05) is 6.61 Å². The van der Waals surface area contributed by atoms with Gasteiger partial charge in [-0.3, -0.25) is 0 Å². The zero-order valence-corrected chi connectivity index (χ0v) is 8.34. The normalized spacial score (nSPS) is 12.2. The zero-order valence-electron chi connectivity index (χ0n) is 8.34. The van der Waals surface area contributed by atoms with Gasteiger partial charge < -0.3 is 9.72 Å². The number of para-hydroxylation sites is 1. The van der Waals surface area contributed by atoms with Gasteiger partial charge in [0.1, 0.15) is 6.61 Å². The standard InChI is InChI=1S/C11H10F3NO/c12-11(13,14)7-16-6-8-5-15-10-4-2-1-3-9(8)10/h1-5,15H,6-7H2. The minimum Gasteiger partial charge on any atom is -0.367 e. The van der Waals surface area contributed by atoms with E-state index in [4.69, 9.17) is 0 Å². The molecule has 0 saturated carbocycles. The number of ether oxygens (including phenoxy) is 1. The van der Waals surface area contributed by atoms with Gasteiger partial charge in [-0.05, 0) is 6.07 Å². The molecule has 1 heterocycles. The van der Waals surface area contributed by atoms with E-state index in [9.17, 15) is 13.2 Å². The fraction of sp³-hybridized carbons (Fsp3) is 0.273. The van der Waals surface area contributed by atoms with Crippen LogP contribution in [0.1, 0.15) is 5.56 Å². The average Bonchev–Trinajstić information content (AvgIpc) is 2.60. The molecule has 1 aromatic heterocycles. The van der Waals surface area contributed by atoms with Crippen LogP contribution in [0.3, 0.4) is 0 Å². The number of nitrogens with one attached hydrogen (secondary N) is 1. The van der Waals surface area contributed by atoms with E-state index < -0.39 is 12.8 Å². The molecule has 0 fully saturated rings. The summed E-state index contributed by atoms with van der Waals surface area (Å²) in [6.07, 6.45) is -2.60. The first-order valence-corrected chi connectivity index (χ1v) is 4.76. The Labute approximate surface area is 90.0 Å². The Morgan fingerprint density at radius 1 is 1.19 bits per heavy atom. The highest BCUT2D eigenvalue weighted by Crippen LogP contribution is 2.20. The third-order valence-electron chi connectivity index (χ3n) is 2.20. The summed E-state index contributed by atoms with van der Waals surface area (Å²) in [5.74, 6) is 0. The predicted molar refractivity (Wildman–Crippen MR) is 54.0 cm³/mol. The van der Waals surface area contributed by atoms with Crippen molar-refractivity contribution in [3.8, 4) is 0 Å². The van der Waals surface area contributed by atoms with E-state index in [2.05, 4.69) is 9.72 Å². The summed E-state index contributed by atoms with van der Waals surface area (Å²) in [5.41, 5.74) is 1.63. The molecule has 0 unspecified atom stereocenters. The highest BCUT2D eigenvalue weighted by molar-refractivity contribution is 5.82. The van der Waals surface area contributed by atoms with Gasteiger partial charge >= 0.3 is 6.18 Å². The number of hydrogen-bond donors (Lipinski definition) is 1. The number of aromatic amines is 1. The molecule has 0 bridgehead atoms. The Bertz CT molecular complexity index is 475. The van der Waals surface area contributed by atoms with Crippen molar-refractivity contribution in [1.29, 1.82) is 0 Å². The molecule has 16 heavy (non-hydrogen) atoms. The molecular weight excluding hydrogens is 219 g/mol. The summed E-state index contributed by atoms with van der Waals surface area (Å²) in [7, 11) is 0. The molecule has 2 rings (SSSR count). The van der Waals surface area contributed by atoms with Crippen LogP contribution < -0.4 is 0 Å². The summed E-state index contributed by atoms with van der Waals surface area (Å²) in [6, 6.07) is 7.41. The molecule has 0 aliphatic carbocycles. The molecule has 0 amide bonds. The van der Waals surface area contributed by atoms with E-state index in [0.29, 0.717) is 0 Å². The maximum atomic E-state index is 11.9. The Hall–Kier alpha value is -1.49. The Morgan fingerprint density at radius 2 is 1.94 bits per heavy atom. The van der Waals surface area contributed by atoms with Gasteiger partial charge in [-0.1, -0.05) is 18.2 Å². The number of halogens is 3. The molecule has 86 valence electrons. The first-order chi connectivity index (χ1) is 7.56. The van der Waals surface area contributed by atoms with Crippen molar-refractivity contribution in [3.63, 3.8) is 0 Å². The highest BCUT2D eigenvalue weighted by atomic mass is 19.4. The van der Waals surface area contributed by atoms with E-state index in [1.807, 2.05) is 24.3 Å². The molecule has 0 aliphatic heterocycles. The second kappa shape index (κ2) is 4.17. The molecule has 1 N–H and O–H groups in total. The molecule has 0 spiro atoms. The second-order valence-corrected chi connectivity index (χ2v) is 3.47. The Balaban J connectivity index is 2.05. The second-order valence-electron chi connectivity index (χ2n) is 3.47. The third kappa shape index (κ3) is 2.55. The fourth-order valence-electron chi connectivity index (χ4n) is 1.53. The van der Waals surface area contributed by atoms with Crippen molar-refractivity contribution in [2.24, 2.45) is 0 Å². The van der Waals surface area contributed by atoms with Crippen molar-refractivity contribution < 1.29 is 17.9 Å². The minimum atomic E-state index is -4.27. The van der Waals surface area contributed by atoms with Gasteiger partial charge in [0.05, 0.1) is 6.61 Å². The first kappa shape index (κ1) is 11.0. The summed E-state index contributed by atoms with van der Waals surface area (Å²) in [6.45, 7) is -1.25. The van der Waals surface area contributed by atoms with Crippen LogP contribution >= 0.6 is 0 Å². The van der Waals surface area contributed by atoms with E-state index in [1.54, 1.807) is 6.20 Å². The molecule has 0 aliphatic rings. The summed E-state index contributed by atoms with van der Waals surface area (Å²) < 4.78 is 40.2. The number of rotatable bonds is 3. The number of aromatic nitrogens is 1. The van der Waals surface area contributed by atoms with Crippen LogP contribution in [0, 0.1) is 0 Å². The van der Waals surface area contributed by atoms with Crippen molar-refractivity contribution in [1.82, 2.24) is 4.98 Å². The van der Waals surface area contributed by atoms with E-state index in [0.717, 1.165) is 16.5 Å². The molecule has 0 radical (unpaired) electrons. The van der Waals surface area contributed by atoms with Crippen molar-refractivity contribution in [3.05, 3.63) is 36.0 Å². The van der Waals surface area contributed by atoms with Crippen molar-refractivity contribution >= 4 is 10.9 Å². The molecule has 0 saturated heterocycles. The lowest BCUT2D eigenvalue weighted by Gasteiger charge is -2.06. The van der Waals surface area contributed by atoms with Crippen LogP contribution in [-0.4, -0.2) is 17.8 Å². The van der Waals surface area contributed by atoms with Crippen LogP contribution in [-0.2, 0) is 11.3 Å². The molecule has 0 atom stereocenters. The number of H-pyrrole nitrogens is 1. The number of fused-ring (bicyclic) bond motifs is 1. The van der Waals surface area contributed by atoms with Gasteiger partial charge in [0.25, 0.3) is 0 Å². The minimum absolute atomic E-state index is 0.0382. The van der Waals surface area contributed by atoms with Gasteiger partial charge in [0, 0.05) is 22.7 Å². The lowest BCUT2D eigenvalue weighted by atomic mass is 10.2. The van der Waals surface area contributed by atoms with E-state index in [1.165, 1.54) is 0 Å². The van der Waals surface area contributed by atoms with Crippen LogP contribution in [0.5, 0.6) is 0 Å². The third-order valence-corrected chi connectivity index (χ3v) is 2.20. The molecule has 2 aromatic rings. The van der Waals surface area contributed by atoms with E-state index >= 15 is 0 Å². The van der Waals surface area contributed by atoms with E-state index in [-0.39, 0.29) is 6.61 Å². The largest absolute Gasteiger partial charge is 0.411 e. The number of alkyl halides is 3. The smallest absolute Gasteiger partial charge is 0.367 e. The summed E-state index contributed by atoms with van der Waals surface area (Å²) in [4.78, 5) is 2.97. The Kier molecular flexibility index (Phi) is 2.87. The quantitative estimate of drug-likeness (QED) is 0.858. The van der Waals surface area contributed by atoms with Crippen molar-refractivity contribution in [2.45, 2.75) is 12.8 Å². The van der Waals surface area contributed by atoms with Crippen LogP contribution in [0.15, 0.2) is 30.5 Å². The van der Waals surface area contributed by atoms with Gasteiger partial charge in [-0.2, -0.15) is 13.2 Å². The van der Waals surface area contributed by atoms with Crippen LogP contribution in [0.25, 0.3) is 10.9 Å². The van der Waals surface area contributed by atoms with Gasteiger partial charge in [-0.15, -0.1) is 0 Å².